The molecule has 26 heavy (non-hydrogen) atoms. The van der Waals surface area contributed by atoms with Crippen LogP contribution in [-0.4, -0.2) is 32.8 Å². The third-order valence-corrected chi connectivity index (χ3v) is 5.97. The van der Waals surface area contributed by atoms with Crippen molar-refractivity contribution in [1.82, 2.24) is 4.72 Å². The van der Waals surface area contributed by atoms with Crippen LogP contribution >= 0.6 is 0 Å². The van der Waals surface area contributed by atoms with Gasteiger partial charge in [-0.05, 0) is 56.5 Å². The molecule has 0 amide bonds. The van der Waals surface area contributed by atoms with E-state index < -0.39 is 15.6 Å². The first-order chi connectivity index (χ1) is 12.0. The normalized spacial score (nSPS) is 14.1. The van der Waals surface area contributed by atoms with Crippen molar-refractivity contribution in [2.45, 2.75) is 44.6 Å². The van der Waals surface area contributed by atoms with Gasteiger partial charge in [0.05, 0.1) is 17.6 Å². The minimum absolute atomic E-state index is 0.0753. The smallest absolute Gasteiger partial charge is 0.241 e. The highest BCUT2D eigenvalue weighted by molar-refractivity contribution is 7.89. The maximum absolute atomic E-state index is 12.7. The van der Waals surface area contributed by atoms with Crippen molar-refractivity contribution in [1.29, 1.82) is 0 Å². The Morgan fingerprint density at radius 3 is 2.12 bits per heavy atom. The van der Waals surface area contributed by atoms with Crippen molar-refractivity contribution in [2.75, 3.05) is 13.7 Å². The molecule has 0 aliphatic heterocycles. The minimum atomic E-state index is -3.70. The Labute approximate surface area is 156 Å². The van der Waals surface area contributed by atoms with E-state index in [9.17, 15) is 13.5 Å². The third-order valence-electron chi connectivity index (χ3n) is 4.26. The van der Waals surface area contributed by atoms with Gasteiger partial charge in [0.1, 0.15) is 5.75 Å². The van der Waals surface area contributed by atoms with Gasteiger partial charge in [0.2, 0.25) is 10.0 Å². The number of ether oxygens (including phenoxy) is 1. The lowest BCUT2D eigenvalue weighted by Gasteiger charge is -2.24. The molecule has 0 fully saturated rings. The summed E-state index contributed by atoms with van der Waals surface area (Å²) in [4.78, 5) is 0.281. The van der Waals surface area contributed by atoms with Crippen LogP contribution in [0.15, 0.2) is 41.3 Å². The van der Waals surface area contributed by atoms with Gasteiger partial charge >= 0.3 is 0 Å². The lowest BCUT2D eigenvalue weighted by Crippen LogP contribution is -2.42. The average Bonchev–Trinajstić information content (AvgIpc) is 2.52. The Morgan fingerprint density at radius 1 is 1.08 bits per heavy atom. The topological polar surface area (TPSA) is 75.6 Å². The molecule has 0 aliphatic rings. The first-order valence-electron chi connectivity index (χ1n) is 8.47. The largest absolute Gasteiger partial charge is 0.497 e. The fourth-order valence-corrected chi connectivity index (χ4v) is 4.77. The monoisotopic (exact) mass is 377 g/mol. The van der Waals surface area contributed by atoms with Crippen molar-refractivity contribution >= 4 is 10.0 Å². The van der Waals surface area contributed by atoms with E-state index in [1.165, 1.54) is 0 Å². The van der Waals surface area contributed by atoms with Crippen LogP contribution in [0.3, 0.4) is 0 Å². The molecule has 1 unspecified atom stereocenters. The molecule has 0 bridgehead atoms. The summed E-state index contributed by atoms with van der Waals surface area (Å²) >= 11 is 0. The molecule has 6 heteroatoms. The zero-order chi connectivity index (χ0) is 19.5. The zero-order valence-corrected chi connectivity index (χ0v) is 16.8. The highest BCUT2D eigenvalue weighted by atomic mass is 32.2. The summed E-state index contributed by atoms with van der Waals surface area (Å²) in [5.41, 5.74) is 2.10. The molecule has 0 aliphatic carbocycles. The van der Waals surface area contributed by atoms with Crippen LogP contribution in [0.5, 0.6) is 5.75 Å². The molecule has 2 aromatic rings. The summed E-state index contributed by atoms with van der Waals surface area (Å²) in [5, 5.41) is 10.6. The zero-order valence-electron chi connectivity index (χ0n) is 16.0. The molecule has 142 valence electrons. The number of methoxy groups -OCH3 is 1. The summed E-state index contributed by atoms with van der Waals surface area (Å²) in [6.07, 6.45) is 0.325. The second-order valence-electron chi connectivity index (χ2n) is 7.07. The first kappa shape index (κ1) is 20.4. The SMILES string of the molecule is COc1ccc(CC(C)(O)CNS(=O)(=O)c2c(C)cc(C)cc2C)cc1. The second-order valence-corrected chi connectivity index (χ2v) is 8.78. The van der Waals surface area contributed by atoms with Crippen molar-refractivity contribution in [2.24, 2.45) is 0 Å². The van der Waals surface area contributed by atoms with E-state index in [1.54, 1.807) is 27.9 Å². The Hall–Kier alpha value is -1.89. The highest BCUT2D eigenvalue weighted by Crippen LogP contribution is 2.22. The van der Waals surface area contributed by atoms with Gasteiger partial charge in [-0.15, -0.1) is 0 Å². The molecule has 2 aromatic carbocycles. The van der Waals surface area contributed by atoms with E-state index in [0.717, 1.165) is 16.9 Å². The Morgan fingerprint density at radius 2 is 1.62 bits per heavy atom. The number of hydrogen-bond acceptors (Lipinski definition) is 4. The first-order valence-corrected chi connectivity index (χ1v) is 9.95. The number of hydrogen-bond donors (Lipinski definition) is 2. The molecule has 1 atom stereocenters. The molecular formula is C20H27NO4S. The third kappa shape index (κ3) is 5.06. The summed E-state index contributed by atoms with van der Waals surface area (Å²) in [6.45, 7) is 7.04. The summed E-state index contributed by atoms with van der Waals surface area (Å²) in [5.74, 6) is 0.736. The molecule has 5 nitrogen and oxygen atoms in total. The molecule has 0 aromatic heterocycles. The molecule has 0 heterocycles. The molecular weight excluding hydrogens is 350 g/mol. The Kier molecular flexibility index (Phi) is 6.11. The van der Waals surface area contributed by atoms with E-state index in [1.807, 2.05) is 43.3 Å². The van der Waals surface area contributed by atoms with E-state index >= 15 is 0 Å². The van der Waals surface area contributed by atoms with Gasteiger partial charge < -0.3 is 9.84 Å². The maximum atomic E-state index is 12.7. The highest BCUT2D eigenvalue weighted by Gasteiger charge is 2.26. The summed E-state index contributed by atoms with van der Waals surface area (Å²) in [7, 11) is -2.11. The van der Waals surface area contributed by atoms with Gasteiger partial charge in [-0.3, -0.25) is 0 Å². The Balaban J connectivity index is 2.12. The van der Waals surface area contributed by atoms with Crippen molar-refractivity contribution < 1.29 is 18.3 Å². The second kappa shape index (κ2) is 7.78. The van der Waals surface area contributed by atoms with Crippen molar-refractivity contribution in [3.63, 3.8) is 0 Å². The van der Waals surface area contributed by atoms with E-state index in [-0.39, 0.29) is 11.4 Å². The lowest BCUT2D eigenvalue weighted by molar-refractivity contribution is 0.0657. The van der Waals surface area contributed by atoms with Gasteiger partial charge in [-0.2, -0.15) is 0 Å². The standard InChI is InChI=1S/C20H27NO4S/c1-14-10-15(2)19(16(3)11-14)26(23,24)21-13-20(4,22)12-17-6-8-18(25-5)9-7-17/h6-11,21-22H,12-13H2,1-5H3. The molecule has 0 spiro atoms. The fraction of sp³-hybridized carbons (Fsp3) is 0.400. The predicted molar refractivity (Wildman–Crippen MR) is 103 cm³/mol. The molecule has 0 radical (unpaired) electrons. The fourth-order valence-electron chi connectivity index (χ4n) is 3.16. The van der Waals surface area contributed by atoms with Crippen LogP contribution in [0.4, 0.5) is 0 Å². The molecule has 2 N–H and O–H groups in total. The van der Waals surface area contributed by atoms with Gasteiger partial charge in [0.25, 0.3) is 0 Å². The van der Waals surface area contributed by atoms with Crippen LogP contribution in [0.1, 0.15) is 29.2 Å². The summed E-state index contributed by atoms with van der Waals surface area (Å²) < 4.78 is 33.1. The van der Waals surface area contributed by atoms with Crippen molar-refractivity contribution in [3.05, 3.63) is 58.7 Å². The Bertz CT molecular complexity index is 848. The number of nitrogens with one attached hydrogen (secondary N) is 1. The number of aryl methyl sites for hydroxylation is 3. The van der Waals surface area contributed by atoms with Gasteiger partial charge in [-0.1, -0.05) is 29.8 Å². The predicted octanol–water partition coefficient (Wildman–Crippen LogP) is 2.89. The quantitative estimate of drug-likeness (QED) is 0.778. The average molecular weight is 378 g/mol. The number of sulfonamides is 1. The maximum Gasteiger partial charge on any atom is 0.241 e. The van der Waals surface area contributed by atoms with E-state index in [2.05, 4.69) is 4.72 Å². The number of benzene rings is 2. The number of rotatable bonds is 7. The molecule has 0 saturated heterocycles. The molecule has 2 rings (SSSR count). The van der Waals surface area contributed by atoms with Crippen molar-refractivity contribution in [3.8, 4) is 5.75 Å². The van der Waals surface area contributed by atoms with Gasteiger partial charge in [0, 0.05) is 13.0 Å². The van der Waals surface area contributed by atoms with Crippen LogP contribution in [0, 0.1) is 20.8 Å². The number of aliphatic hydroxyl groups is 1. The van der Waals surface area contributed by atoms with Crippen LogP contribution in [0.2, 0.25) is 0 Å². The van der Waals surface area contributed by atoms with Crippen LogP contribution < -0.4 is 9.46 Å². The summed E-state index contributed by atoms with van der Waals surface area (Å²) in [6, 6.07) is 11.0. The van der Waals surface area contributed by atoms with Crippen LogP contribution in [0.25, 0.3) is 0 Å². The minimum Gasteiger partial charge on any atom is -0.497 e. The van der Waals surface area contributed by atoms with E-state index in [0.29, 0.717) is 17.5 Å². The van der Waals surface area contributed by atoms with E-state index in [4.69, 9.17) is 4.74 Å². The van der Waals surface area contributed by atoms with Gasteiger partial charge in [0.15, 0.2) is 0 Å². The lowest BCUT2D eigenvalue weighted by atomic mass is 9.97. The van der Waals surface area contributed by atoms with Gasteiger partial charge in [-0.25, -0.2) is 13.1 Å². The molecule has 0 saturated carbocycles. The van der Waals surface area contributed by atoms with Crippen LogP contribution in [-0.2, 0) is 16.4 Å².